The van der Waals surface area contributed by atoms with Crippen molar-refractivity contribution in [3.8, 4) is 5.88 Å². The molecule has 0 aliphatic rings. The van der Waals surface area contributed by atoms with E-state index in [0.717, 1.165) is 0 Å². The predicted molar refractivity (Wildman–Crippen MR) is 39.1 cm³/mol. The first kappa shape index (κ1) is 8.92. The highest BCUT2D eigenvalue weighted by molar-refractivity contribution is 6.35. The van der Waals surface area contributed by atoms with Crippen LogP contribution in [0.4, 0.5) is 0 Å². The number of aromatic nitrogens is 2. The number of hydrogen-bond acceptors (Lipinski definition) is 6. The third kappa shape index (κ3) is 2.46. The molecule has 0 saturated heterocycles. The van der Waals surface area contributed by atoms with Gasteiger partial charge in [-0.2, -0.15) is 0 Å². The van der Waals surface area contributed by atoms with Crippen LogP contribution >= 0.6 is 0 Å². The van der Waals surface area contributed by atoms with E-state index in [0.29, 0.717) is 5.69 Å². The second-order valence-electron chi connectivity index (χ2n) is 2.03. The fourth-order valence-electron chi connectivity index (χ4n) is 0.622. The zero-order chi connectivity index (χ0) is 8.97. The smallest absolute Gasteiger partial charge is 0.495 e. The van der Waals surface area contributed by atoms with Crippen molar-refractivity contribution in [2.75, 3.05) is 0 Å². The highest BCUT2D eigenvalue weighted by Gasteiger charge is 2.18. The van der Waals surface area contributed by atoms with E-state index in [1.54, 1.807) is 6.92 Å². The Hall–Kier alpha value is -1.18. The summed E-state index contributed by atoms with van der Waals surface area (Å²) in [6.45, 7) is 1.71. The molecule has 1 aromatic rings. The van der Waals surface area contributed by atoms with E-state index < -0.39 is 7.32 Å². The molecular weight excluding hydrogens is 163 g/mol. The predicted octanol–water partition coefficient (Wildman–Crippen LogP) is -0.369. The molecule has 0 unspecified atom stereocenters. The summed E-state index contributed by atoms with van der Waals surface area (Å²) < 4.78 is 4.55. The van der Waals surface area contributed by atoms with Crippen LogP contribution in [0, 0.1) is 6.92 Å². The fourth-order valence-corrected chi connectivity index (χ4v) is 0.622. The third-order valence-corrected chi connectivity index (χ3v) is 1.04. The molecule has 0 aliphatic carbocycles. The Morgan fingerprint density at radius 1 is 1.50 bits per heavy atom. The summed E-state index contributed by atoms with van der Waals surface area (Å²) in [4.78, 5) is 11.0. The molecule has 1 heterocycles. The zero-order valence-corrected chi connectivity index (χ0v) is 6.34. The minimum atomic E-state index is -1.74. The average molecular weight is 170 g/mol. The van der Waals surface area contributed by atoms with Gasteiger partial charge in [0, 0.05) is 6.20 Å². The van der Waals surface area contributed by atoms with Crippen LogP contribution in [0.5, 0.6) is 5.88 Å². The Morgan fingerprint density at radius 2 is 2.25 bits per heavy atom. The number of nitrogens with zero attached hydrogens (tertiary/aromatic N) is 2. The molecule has 1 aromatic heterocycles. The Balaban J connectivity index is 2.63. The van der Waals surface area contributed by atoms with Crippen molar-refractivity contribution in [3.05, 3.63) is 18.1 Å². The molecule has 0 aromatic carbocycles. The zero-order valence-electron chi connectivity index (χ0n) is 6.34. The van der Waals surface area contributed by atoms with Crippen LogP contribution in [0.15, 0.2) is 12.4 Å². The second-order valence-corrected chi connectivity index (χ2v) is 2.03. The first-order valence-electron chi connectivity index (χ1n) is 3.16. The second kappa shape index (κ2) is 4.00. The number of aryl methyl sites for hydroxylation is 1. The lowest BCUT2D eigenvalue weighted by Gasteiger charge is -2.03. The van der Waals surface area contributed by atoms with Crippen molar-refractivity contribution in [1.82, 2.24) is 9.97 Å². The van der Waals surface area contributed by atoms with E-state index in [9.17, 15) is 0 Å². The molecule has 0 amide bonds. The van der Waals surface area contributed by atoms with Gasteiger partial charge in [-0.15, -0.1) is 0 Å². The van der Waals surface area contributed by atoms with E-state index in [1.807, 2.05) is 0 Å². The minimum absolute atomic E-state index is 0.0801. The summed E-state index contributed by atoms with van der Waals surface area (Å²) >= 11 is 0. The van der Waals surface area contributed by atoms with Gasteiger partial charge in [-0.25, -0.2) is 9.79 Å². The molecule has 6 nitrogen and oxygen atoms in total. The van der Waals surface area contributed by atoms with Gasteiger partial charge in [0.1, 0.15) is 0 Å². The molecule has 2 N–H and O–H groups in total. The molecule has 64 valence electrons. The summed E-state index contributed by atoms with van der Waals surface area (Å²) in [7, 11) is -1.74. The van der Waals surface area contributed by atoms with Gasteiger partial charge in [0.25, 0.3) is 0 Å². The normalized spacial score (nSPS) is 9.58. The molecule has 0 atom stereocenters. The van der Waals surface area contributed by atoms with Crippen LogP contribution in [0.25, 0.3) is 0 Å². The van der Waals surface area contributed by atoms with Crippen LogP contribution in [0.2, 0.25) is 0 Å². The molecule has 0 bridgehead atoms. The number of rotatable bonds is 3. The van der Waals surface area contributed by atoms with E-state index in [-0.39, 0.29) is 5.88 Å². The highest BCUT2D eigenvalue weighted by atomic mass is 17.1. The molecule has 0 spiro atoms. The Kier molecular flexibility index (Phi) is 2.97. The molecule has 0 aliphatic heterocycles. The summed E-state index contributed by atoms with van der Waals surface area (Å²) in [5, 5.41) is 16.6. The summed E-state index contributed by atoms with van der Waals surface area (Å²) in [6.07, 6.45) is 2.81. The minimum Gasteiger partial charge on any atom is -0.495 e. The van der Waals surface area contributed by atoms with Gasteiger partial charge in [0.15, 0.2) is 0 Å². The molecule has 0 saturated carbocycles. The van der Waals surface area contributed by atoms with Crippen LogP contribution in [0.3, 0.4) is 0 Å². The van der Waals surface area contributed by atoms with Gasteiger partial charge in [-0.1, -0.05) is 0 Å². The molecule has 1 rings (SSSR count). The molecular formula is C5H7BN2O4. The lowest BCUT2D eigenvalue weighted by molar-refractivity contribution is -0.171. The van der Waals surface area contributed by atoms with Gasteiger partial charge in [0.2, 0.25) is 5.88 Å². The van der Waals surface area contributed by atoms with E-state index >= 15 is 0 Å². The fraction of sp³-hybridized carbons (Fsp3) is 0.200. The Labute approximate surface area is 68.9 Å². The first-order valence-corrected chi connectivity index (χ1v) is 3.16. The average Bonchev–Trinajstić information content (AvgIpc) is 2.04. The van der Waals surface area contributed by atoms with Crippen molar-refractivity contribution < 1.29 is 19.7 Å². The summed E-state index contributed by atoms with van der Waals surface area (Å²) in [5.41, 5.74) is 0.637. The standard InChI is InChI=1S/C5H7BN2O4/c1-4-2-7-3-5(8-4)11-6(9)12-10/h2-3,9-10H,1H3. The molecule has 12 heavy (non-hydrogen) atoms. The Bertz CT molecular complexity index is 259. The van der Waals surface area contributed by atoms with Gasteiger partial charge >= 0.3 is 7.32 Å². The topological polar surface area (TPSA) is 84.7 Å². The van der Waals surface area contributed by atoms with Crippen molar-refractivity contribution in [2.45, 2.75) is 6.92 Å². The van der Waals surface area contributed by atoms with Gasteiger partial charge in [-0.3, -0.25) is 10.2 Å². The molecule has 7 heteroatoms. The van der Waals surface area contributed by atoms with E-state index in [4.69, 9.17) is 10.3 Å². The van der Waals surface area contributed by atoms with Crippen molar-refractivity contribution in [3.63, 3.8) is 0 Å². The van der Waals surface area contributed by atoms with E-state index in [2.05, 4.69) is 19.4 Å². The monoisotopic (exact) mass is 170 g/mol. The third-order valence-electron chi connectivity index (χ3n) is 1.04. The van der Waals surface area contributed by atoms with Crippen LogP contribution in [0.1, 0.15) is 5.69 Å². The molecule has 0 radical (unpaired) electrons. The van der Waals surface area contributed by atoms with Crippen molar-refractivity contribution in [1.29, 1.82) is 0 Å². The van der Waals surface area contributed by atoms with Crippen molar-refractivity contribution >= 4 is 7.32 Å². The Morgan fingerprint density at radius 3 is 2.83 bits per heavy atom. The van der Waals surface area contributed by atoms with Gasteiger partial charge in [-0.05, 0) is 6.92 Å². The van der Waals surface area contributed by atoms with Crippen LogP contribution in [-0.4, -0.2) is 27.6 Å². The van der Waals surface area contributed by atoms with Crippen LogP contribution in [-0.2, 0) is 4.81 Å². The first-order chi connectivity index (χ1) is 5.72. The maximum atomic E-state index is 8.64. The van der Waals surface area contributed by atoms with Crippen molar-refractivity contribution in [2.24, 2.45) is 0 Å². The maximum Gasteiger partial charge on any atom is 0.739 e. The van der Waals surface area contributed by atoms with Crippen LogP contribution < -0.4 is 4.65 Å². The lowest BCUT2D eigenvalue weighted by atomic mass is 10.3. The quantitative estimate of drug-likeness (QED) is 0.365. The largest absolute Gasteiger partial charge is 0.739 e. The summed E-state index contributed by atoms with van der Waals surface area (Å²) in [5.74, 6) is 0.0801. The highest BCUT2D eigenvalue weighted by Crippen LogP contribution is 2.04. The van der Waals surface area contributed by atoms with E-state index in [1.165, 1.54) is 12.4 Å². The molecule has 0 fully saturated rings. The summed E-state index contributed by atoms with van der Waals surface area (Å²) in [6, 6.07) is 0. The van der Waals surface area contributed by atoms with Gasteiger partial charge < -0.3 is 9.68 Å². The maximum absolute atomic E-state index is 8.64. The lowest BCUT2D eigenvalue weighted by Crippen LogP contribution is -2.25. The number of hydrogen-bond donors (Lipinski definition) is 2. The SMILES string of the molecule is Cc1cncc(OB(O)OO)n1. The van der Waals surface area contributed by atoms with Gasteiger partial charge in [0.05, 0.1) is 11.9 Å².